The maximum Gasteiger partial charge on any atom is 0.261 e. The van der Waals surface area contributed by atoms with Crippen LogP contribution in [0, 0.1) is 6.92 Å². The largest absolute Gasteiger partial charge is 0.275 e. The normalized spacial score (nSPS) is 10.8. The van der Waals surface area contributed by atoms with Gasteiger partial charge in [-0.1, -0.05) is 11.6 Å². The summed E-state index contributed by atoms with van der Waals surface area (Å²) in [6, 6.07) is 1.84. The number of fused-ring (bicyclic) bond motifs is 1. The van der Waals surface area contributed by atoms with E-state index in [1.807, 2.05) is 13.0 Å². The highest BCUT2D eigenvalue weighted by Gasteiger charge is 2.09. The second-order valence-corrected chi connectivity index (χ2v) is 4.19. The highest BCUT2D eigenvalue weighted by molar-refractivity contribution is 7.99. The van der Waals surface area contributed by atoms with E-state index in [1.54, 1.807) is 12.5 Å². The molecule has 0 unspecified atom stereocenters. The summed E-state index contributed by atoms with van der Waals surface area (Å²) in [5.41, 5.74) is 1.34. The number of hydrogen-bond donors (Lipinski definition) is 1. The van der Waals surface area contributed by atoms with E-state index >= 15 is 0 Å². The molecule has 5 nitrogen and oxygen atoms in total. The molecule has 0 spiro atoms. The Hall–Kier alpha value is -1.11. The zero-order valence-corrected chi connectivity index (χ0v) is 10.2. The Kier molecular flexibility index (Phi) is 3.13. The van der Waals surface area contributed by atoms with Crippen LogP contribution in [-0.4, -0.2) is 26.4 Å². The van der Waals surface area contributed by atoms with Gasteiger partial charge in [-0.15, -0.1) is 0 Å². The number of pyridine rings is 1. The SMILES string of the molecule is CSN(O)c1ncc2cc(C)nc(Cl)c2n1. The minimum Gasteiger partial charge on any atom is -0.275 e. The molecule has 0 saturated carbocycles. The van der Waals surface area contributed by atoms with Crippen molar-refractivity contribution < 1.29 is 5.21 Å². The van der Waals surface area contributed by atoms with Gasteiger partial charge in [-0.2, -0.15) is 4.47 Å². The Morgan fingerprint density at radius 3 is 2.88 bits per heavy atom. The zero-order chi connectivity index (χ0) is 11.7. The van der Waals surface area contributed by atoms with Crippen LogP contribution in [0.3, 0.4) is 0 Å². The van der Waals surface area contributed by atoms with E-state index in [9.17, 15) is 5.21 Å². The molecule has 0 aliphatic rings. The van der Waals surface area contributed by atoms with Crippen molar-refractivity contribution in [3.05, 3.63) is 23.1 Å². The molecular weight excluding hydrogens is 248 g/mol. The van der Waals surface area contributed by atoms with Gasteiger partial charge >= 0.3 is 0 Å². The van der Waals surface area contributed by atoms with Crippen molar-refractivity contribution >= 4 is 40.4 Å². The average Bonchev–Trinajstić information content (AvgIpc) is 2.27. The quantitative estimate of drug-likeness (QED) is 0.506. The van der Waals surface area contributed by atoms with E-state index < -0.39 is 0 Å². The lowest BCUT2D eigenvalue weighted by atomic mass is 10.3. The van der Waals surface area contributed by atoms with E-state index in [0.29, 0.717) is 10.7 Å². The number of hydrogen-bond acceptors (Lipinski definition) is 6. The third-order valence-electron chi connectivity index (χ3n) is 1.98. The maximum atomic E-state index is 9.44. The van der Waals surface area contributed by atoms with Gasteiger partial charge in [-0.05, 0) is 24.9 Å². The van der Waals surface area contributed by atoms with Gasteiger partial charge in [0.2, 0.25) is 0 Å². The molecule has 0 radical (unpaired) electrons. The minimum atomic E-state index is 0.188. The van der Waals surface area contributed by atoms with E-state index in [4.69, 9.17) is 11.6 Å². The second-order valence-electron chi connectivity index (χ2n) is 3.12. The van der Waals surface area contributed by atoms with E-state index in [-0.39, 0.29) is 5.95 Å². The van der Waals surface area contributed by atoms with Crippen LogP contribution in [0.4, 0.5) is 5.95 Å². The Labute approximate surface area is 102 Å². The van der Waals surface area contributed by atoms with Crippen molar-refractivity contribution in [2.24, 2.45) is 0 Å². The van der Waals surface area contributed by atoms with Crippen LogP contribution in [0.25, 0.3) is 10.9 Å². The first-order valence-electron chi connectivity index (χ1n) is 4.45. The van der Waals surface area contributed by atoms with Crippen molar-refractivity contribution in [1.82, 2.24) is 15.0 Å². The Morgan fingerprint density at radius 2 is 2.19 bits per heavy atom. The van der Waals surface area contributed by atoms with E-state index in [0.717, 1.165) is 27.5 Å². The van der Waals surface area contributed by atoms with Gasteiger partial charge in [0, 0.05) is 23.5 Å². The van der Waals surface area contributed by atoms with Gasteiger partial charge in [-0.25, -0.2) is 15.0 Å². The molecule has 0 bridgehead atoms. The van der Waals surface area contributed by atoms with Crippen LogP contribution >= 0.6 is 23.5 Å². The van der Waals surface area contributed by atoms with Gasteiger partial charge in [0.05, 0.1) is 0 Å². The first-order chi connectivity index (χ1) is 7.61. The van der Waals surface area contributed by atoms with Gasteiger partial charge < -0.3 is 0 Å². The van der Waals surface area contributed by atoms with Crippen molar-refractivity contribution in [1.29, 1.82) is 0 Å². The molecule has 2 rings (SSSR count). The second kappa shape index (κ2) is 4.40. The van der Waals surface area contributed by atoms with Crippen LogP contribution in [0.5, 0.6) is 0 Å². The highest BCUT2D eigenvalue weighted by Crippen LogP contribution is 2.23. The van der Waals surface area contributed by atoms with E-state index in [2.05, 4.69) is 15.0 Å². The lowest BCUT2D eigenvalue weighted by Gasteiger charge is -2.10. The fraction of sp³-hybridized carbons (Fsp3) is 0.222. The third kappa shape index (κ3) is 2.04. The molecule has 7 heteroatoms. The summed E-state index contributed by atoms with van der Waals surface area (Å²) in [5, 5.41) is 10.6. The molecule has 0 fully saturated rings. The summed E-state index contributed by atoms with van der Waals surface area (Å²) in [6.45, 7) is 1.85. The van der Waals surface area contributed by atoms with Crippen LogP contribution in [0.15, 0.2) is 12.3 Å². The zero-order valence-electron chi connectivity index (χ0n) is 8.68. The molecule has 2 aromatic heterocycles. The first kappa shape index (κ1) is 11.4. The van der Waals surface area contributed by atoms with Crippen molar-refractivity contribution in [3.63, 3.8) is 0 Å². The summed E-state index contributed by atoms with van der Waals surface area (Å²) in [4.78, 5) is 12.2. The summed E-state index contributed by atoms with van der Waals surface area (Å²) in [7, 11) is 0. The smallest absolute Gasteiger partial charge is 0.261 e. The first-order valence-corrected chi connectivity index (χ1v) is 6.01. The van der Waals surface area contributed by atoms with E-state index in [1.165, 1.54) is 0 Å². The summed E-state index contributed by atoms with van der Waals surface area (Å²) in [5.74, 6) is 0.188. The molecule has 2 aromatic rings. The predicted octanol–water partition coefficient (Wildman–Crippen LogP) is 2.46. The fourth-order valence-corrected chi connectivity index (χ4v) is 1.83. The highest BCUT2D eigenvalue weighted by atomic mass is 35.5. The number of aryl methyl sites for hydroxylation is 1. The minimum absolute atomic E-state index is 0.188. The monoisotopic (exact) mass is 256 g/mol. The molecule has 16 heavy (non-hydrogen) atoms. The standard InChI is InChI=1S/C9H9ClN4OS/c1-5-3-6-4-11-9(14(15)16-2)13-7(6)8(10)12-5/h3-4,15H,1-2H3. The van der Waals surface area contributed by atoms with Crippen LogP contribution < -0.4 is 4.47 Å². The molecule has 1 N–H and O–H groups in total. The molecule has 0 aliphatic heterocycles. The summed E-state index contributed by atoms with van der Waals surface area (Å²) >= 11 is 7.07. The summed E-state index contributed by atoms with van der Waals surface area (Å²) in [6.07, 6.45) is 3.32. The average molecular weight is 257 g/mol. The lowest BCUT2D eigenvalue weighted by molar-refractivity contribution is 0.326. The predicted molar refractivity (Wildman–Crippen MR) is 64.9 cm³/mol. The van der Waals surface area contributed by atoms with Crippen molar-refractivity contribution in [2.45, 2.75) is 6.92 Å². The molecule has 0 aromatic carbocycles. The molecular formula is C9H9ClN4OS. The Morgan fingerprint density at radius 1 is 1.44 bits per heavy atom. The Balaban J connectivity index is 2.62. The van der Waals surface area contributed by atoms with Crippen LogP contribution in [0.1, 0.15) is 5.69 Å². The Bertz CT molecular complexity index is 536. The molecule has 0 aliphatic carbocycles. The number of rotatable bonds is 2. The van der Waals surface area contributed by atoms with Gasteiger partial charge in [0.15, 0.2) is 5.15 Å². The third-order valence-corrected chi connectivity index (χ3v) is 2.76. The molecule has 84 valence electrons. The van der Waals surface area contributed by atoms with Gasteiger partial charge in [-0.3, -0.25) is 5.21 Å². The number of anilines is 1. The van der Waals surface area contributed by atoms with Gasteiger partial charge in [0.25, 0.3) is 5.95 Å². The molecule has 0 amide bonds. The summed E-state index contributed by atoms with van der Waals surface area (Å²) < 4.78 is 0.871. The fourth-order valence-electron chi connectivity index (χ4n) is 1.29. The topological polar surface area (TPSA) is 62.1 Å². The lowest BCUT2D eigenvalue weighted by Crippen LogP contribution is -2.10. The maximum absolute atomic E-state index is 9.44. The number of nitrogens with zero attached hydrogens (tertiary/aromatic N) is 4. The molecule has 2 heterocycles. The van der Waals surface area contributed by atoms with Gasteiger partial charge in [0.1, 0.15) is 5.52 Å². The molecule has 0 atom stereocenters. The van der Waals surface area contributed by atoms with Crippen molar-refractivity contribution in [2.75, 3.05) is 10.7 Å². The molecule has 0 saturated heterocycles. The van der Waals surface area contributed by atoms with Crippen LogP contribution in [0.2, 0.25) is 5.15 Å². The van der Waals surface area contributed by atoms with Crippen molar-refractivity contribution in [3.8, 4) is 0 Å². The number of halogens is 1. The number of aromatic nitrogens is 3. The van der Waals surface area contributed by atoms with Crippen LogP contribution in [-0.2, 0) is 0 Å².